The molecule has 0 bridgehead atoms. The minimum absolute atomic E-state index is 0.110. The van der Waals surface area contributed by atoms with E-state index in [0.29, 0.717) is 28.6 Å². The molecule has 2 aromatic heterocycles. The highest BCUT2D eigenvalue weighted by Crippen LogP contribution is 2.28. The first-order valence-electron chi connectivity index (χ1n) is 7.15. The summed E-state index contributed by atoms with van der Waals surface area (Å²) in [4.78, 5) is 20.5. The minimum atomic E-state index is -2.61. The van der Waals surface area contributed by atoms with Crippen molar-refractivity contribution >= 4 is 34.5 Å². The molecule has 0 aliphatic heterocycles. The first kappa shape index (κ1) is 16.4. The second-order valence-electron chi connectivity index (χ2n) is 5.11. The summed E-state index contributed by atoms with van der Waals surface area (Å²) in [7, 11) is 0. The minimum Gasteiger partial charge on any atom is -0.309 e. The number of amides is 1. The van der Waals surface area contributed by atoms with Gasteiger partial charge in [-0.05, 0) is 48.5 Å². The Kier molecular flexibility index (Phi) is 4.75. The SMILES string of the molecule is Cc1ccnc(NC(=O)Cn2c(SC(F)F)nc3ccccc32)c1. The van der Waals surface area contributed by atoms with E-state index in [9.17, 15) is 13.6 Å². The average Bonchev–Trinajstić information content (AvgIpc) is 2.84. The number of pyridine rings is 1. The molecule has 0 unspecified atom stereocenters. The Balaban J connectivity index is 1.86. The number of para-hydroxylation sites is 2. The van der Waals surface area contributed by atoms with Gasteiger partial charge < -0.3 is 9.88 Å². The second-order valence-corrected chi connectivity index (χ2v) is 6.07. The largest absolute Gasteiger partial charge is 0.309 e. The molecule has 3 rings (SSSR count). The predicted octanol–water partition coefficient (Wildman–Crippen LogP) is 3.69. The molecule has 1 aromatic carbocycles. The van der Waals surface area contributed by atoms with E-state index in [2.05, 4.69) is 15.3 Å². The highest BCUT2D eigenvalue weighted by atomic mass is 32.2. The van der Waals surface area contributed by atoms with Crippen LogP contribution < -0.4 is 5.32 Å². The quantitative estimate of drug-likeness (QED) is 0.715. The van der Waals surface area contributed by atoms with Crippen LogP contribution in [0.25, 0.3) is 11.0 Å². The van der Waals surface area contributed by atoms with Crippen LogP contribution >= 0.6 is 11.8 Å². The third kappa shape index (κ3) is 3.70. The molecule has 0 spiro atoms. The summed E-state index contributed by atoms with van der Waals surface area (Å²) in [5.41, 5.74) is 2.16. The van der Waals surface area contributed by atoms with Crippen molar-refractivity contribution < 1.29 is 13.6 Å². The molecule has 2 heterocycles. The van der Waals surface area contributed by atoms with Crippen LogP contribution in [-0.4, -0.2) is 26.2 Å². The van der Waals surface area contributed by atoms with Gasteiger partial charge in [-0.3, -0.25) is 4.79 Å². The van der Waals surface area contributed by atoms with Gasteiger partial charge in [-0.25, -0.2) is 9.97 Å². The van der Waals surface area contributed by atoms with E-state index >= 15 is 0 Å². The van der Waals surface area contributed by atoms with E-state index in [4.69, 9.17) is 0 Å². The number of alkyl halides is 2. The van der Waals surface area contributed by atoms with E-state index in [0.717, 1.165) is 5.56 Å². The Morgan fingerprint density at radius 2 is 2.12 bits per heavy atom. The first-order chi connectivity index (χ1) is 11.5. The highest BCUT2D eigenvalue weighted by molar-refractivity contribution is 7.99. The zero-order valence-corrected chi connectivity index (χ0v) is 13.6. The lowest BCUT2D eigenvalue weighted by atomic mass is 10.3. The smallest absolute Gasteiger partial charge is 0.291 e. The maximum atomic E-state index is 12.8. The average molecular weight is 348 g/mol. The number of hydrogen-bond acceptors (Lipinski definition) is 4. The third-order valence-electron chi connectivity index (χ3n) is 3.30. The number of carbonyl (C=O) groups is 1. The zero-order chi connectivity index (χ0) is 17.1. The van der Waals surface area contributed by atoms with Gasteiger partial charge in [0.15, 0.2) is 5.16 Å². The van der Waals surface area contributed by atoms with Gasteiger partial charge in [0.05, 0.1) is 11.0 Å². The molecule has 3 aromatic rings. The van der Waals surface area contributed by atoms with Gasteiger partial charge >= 0.3 is 0 Å². The highest BCUT2D eigenvalue weighted by Gasteiger charge is 2.17. The number of aryl methyl sites for hydroxylation is 1. The van der Waals surface area contributed by atoms with Crippen molar-refractivity contribution in [2.45, 2.75) is 24.4 Å². The number of nitrogens with one attached hydrogen (secondary N) is 1. The van der Waals surface area contributed by atoms with Gasteiger partial charge in [-0.15, -0.1) is 0 Å². The molecule has 0 aliphatic rings. The summed E-state index contributed by atoms with van der Waals surface area (Å²) in [6.45, 7) is 1.77. The Bertz CT molecular complexity index is 881. The summed E-state index contributed by atoms with van der Waals surface area (Å²) in [5, 5.41) is 2.78. The summed E-state index contributed by atoms with van der Waals surface area (Å²) >= 11 is 0.324. The van der Waals surface area contributed by atoms with E-state index in [-0.39, 0.29) is 17.6 Å². The van der Waals surface area contributed by atoms with Crippen molar-refractivity contribution in [3.8, 4) is 0 Å². The molecule has 0 saturated carbocycles. The number of anilines is 1. The fraction of sp³-hybridized carbons (Fsp3) is 0.188. The van der Waals surface area contributed by atoms with Gasteiger partial charge in [-0.2, -0.15) is 8.78 Å². The molecule has 0 saturated heterocycles. The maximum absolute atomic E-state index is 12.8. The molecule has 0 aliphatic carbocycles. The second kappa shape index (κ2) is 6.96. The number of aromatic nitrogens is 3. The lowest BCUT2D eigenvalue weighted by molar-refractivity contribution is -0.116. The molecule has 0 fully saturated rings. The van der Waals surface area contributed by atoms with Crippen LogP contribution in [0.3, 0.4) is 0 Å². The number of halogens is 2. The first-order valence-corrected chi connectivity index (χ1v) is 8.03. The molecule has 24 heavy (non-hydrogen) atoms. The van der Waals surface area contributed by atoms with Crippen molar-refractivity contribution in [1.29, 1.82) is 0 Å². The van der Waals surface area contributed by atoms with Gasteiger partial charge in [0.1, 0.15) is 12.4 Å². The van der Waals surface area contributed by atoms with Crippen LogP contribution in [0.4, 0.5) is 14.6 Å². The Morgan fingerprint density at radius 3 is 2.88 bits per heavy atom. The number of thioether (sulfide) groups is 1. The van der Waals surface area contributed by atoms with E-state index < -0.39 is 5.76 Å². The zero-order valence-electron chi connectivity index (χ0n) is 12.7. The van der Waals surface area contributed by atoms with Gasteiger partial charge in [0.25, 0.3) is 5.76 Å². The van der Waals surface area contributed by atoms with Crippen LogP contribution in [0.2, 0.25) is 0 Å². The Hall–Kier alpha value is -2.48. The van der Waals surface area contributed by atoms with E-state index in [1.807, 2.05) is 13.0 Å². The lowest BCUT2D eigenvalue weighted by Crippen LogP contribution is -2.20. The molecule has 1 N–H and O–H groups in total. The summed E-state index contributed by atoms with van der Waals surface area (Å²) < 4.78 is 27.0. The number of benzene rings is 1. The van der Waals surface area contributed by atoms with Crippen molar-refractivity contribution in [2.75, 3.05) is 5.32 Å². The number of nitrogens with zero attached hydrogens (tertiary/aromatic N) is 3. The Morgan fingerprint density at radius 1 is 1.33 bits per heavy atom. The van der Waals surface area contributed by atoms with Crippen molar-refractivity contribution in [1.82, 2.24) is 14.5 Å². The van der Waals surface area contributed by atoms with E-state index in [1.54, 1.807) is 36.5 Å². The summed E-state index contributed by atoms with van der Waals surface area (Å²) in [5.74, 6) is -2.54. The molecular formula is C16H14F2N4OS. The normalized spacial score (nSPS) is 11.2. The number of rotatable bonds is 5. The van der Waals surface area contributed by atoms with Crippen molar-refractivity contribution in [3.05, 3.63) is 48.2 Å². The molecule has 0 atom stereocenters. The fourth-order valence-corrected chi connectivity index (χ4v) is 2.91. The van der Waals surface area contributed by atoms with E-state index in [1.165, 1.54) is 4.57 Å². The number of carbonyl (C=O) groups excluding carboxylic acids is 1. The molecule has 8 heteroatoms. The maximum Gasteiger partial charge on any atom is 0.291 e. The topological polar surface area (TPSA) is 59.8 Å². The van der Waals surface area contributed by atoms with Crippen molar-refractivity contribution in [2.24, 2.45) is 0 Å². The molecular weight excluding hydrogens is 334 g/mol. The van der Waals surface area contributed by atoms with Crippen LogP contribution in [0.5, 0.6) is 0 Å². The fourth-order valence-electron chi connectivity index (χ4n) is 2.31. The van der Waals surface area contributed by atoms with Gasteiger partial charge in [0, 0.05) is 6.20 Å². The van der Waals surface area contributed by atoms with Crippen LogP contribution in [0.15, 0.2) is 47.8 Å². The molecule has 0 radical (unpaired) electrons. The lowest BCUT2D eigenvalue weighted by Gasteiger charge is -2.09. The third-order valence-corrected chi connectivity index (χ3v) is 4.00. The molecule has 5 nitrogen and oxygen atoms in total. The molecule has 1 amide bonds. The van der Waals surface area contributed by atoms with Crippen molar-refractivity contribution in [3.63, 3.8) is 0 Å². The van der Waals surface area contributed by atoms with Gasteiger partial charge in [-0.1, -0.05) is 12.1 Å². The predicted molar refractivity (Wildman–Crippen MR) is 89.2 cm³/mol. The van der Waals surface area contributed by atoms with Crippen LogP contribution in [-0.2, 0) is 11.3 Å². The number of imidazole rings is 1. The molecule has 124 valence electrons. The monoisotopic (exact) mass is 348 g/mol. The standard InChI is InChI=1S/C16H14F2N4OS/c1-10-6-7-19-13(8-10)21-14(23)9-22-12-5-3-2-4-11(12)20-16(22)24-15(17)18/h2-8,15H,9H2,1H3,(H,19,21,23). The number of fused-ring (bicyclic) bond motifs is 1. The summed E-state index contributed by atoms with van der Waals surface area (Å²) in [6.07, 6.45) is 1.59. The van der Waals surface area contributed by atoms with Crippen LogP contribution in [0.1, 0.15) is 5.56 Å². The van der Waals surface area contributed by atoms with Crippen LogP contribution in [0, 0.1) is 6.92 Å². The number of hydrogen-bond donors (Lipinski definition) is 1. The van der Waals surface area contributed by atoms with Gasteiger partial charge in [0.2, 0.25) is 5.91 Å². The summed E-state index contributed by atoms with van der Waals surface area (Å²) in [6, 6.07) is 10.6. The Labute approximate surface area is 141 Å².